The maximum Gasteiger partial charge on any atom is 0.418 e. The van der Waals surface area contributed by atoms with Crippen LogP contribution in [0.3, 0.4) is 0 Å². The van der Waals surface area contributed by atoms with Crippen LogP contribution in [-0.4, -0.2) is 28.8 Å². The van der Waals surface area contributed by atoms with E-state index < -0.39 is 35.3 Å². The molecule has 0 saturated heterocycles. The van der Waals surface area contributed by atoms with Gasteiger partial charge in [0.05, 0.1) is 11.3 Å². The van der Waals surface area contributed by atoms with E-state index in [1.807, 2.05) is 54.6 Å². The second-order valence-corrected chi connectivity index (χ2v) is 7.88. The van der Waals surface area contributed by atoms with Crippen molar-refractivity contribution in [3.63, 3.8) is 0 Å². The highest BCUT2D eigenvalue weighted by Crippen LogP contribution is 2.35. The van der Waals surface area contributed by atoms with E-state index in [9.17, 15) is 22.4 Å². The van der Waals surface area contributed by atoms with Gasteiger partial charge >= 0.3 is 12.2 Å². The Kier molecular flexibility index (Phi) is 6.81. The van der Waals surface area contributed by atoms with Crippen LogP contribution in [0, 0.1) is 5.82 Å². The first-order valence-electron chi connectivity index (χ1n) is 10.7. The highest BCUT2D eigenvalue weighted by molar-refractivity contribution is 6.00. The first-order valence-corrected chi connectivity index (χ1v) is 10.7. The van der Waals surface area contributed by atoms with Gasteiger partial charge in [-0.2, -0.15) is 13.2 Å². The molecule has 0 aliphatic carbocycles. The Morgan fingerprint density at radius 1 is 0.943 bits per heavy atom. The Morgan fingerprint density at radius 3 is 2.34 bits per heavy atom. The highest BCUT2D eigenvalue weighted by Gasteiger charge is 2.34. The number of aromatic nitrogens is 2. The Bertz CT molecular complexity index is 1350. The third-order valence-corrected chi connectivity index (χ3v) is 5.22. The summed E-state index contributed by atoms with van der Waals surface area (Å²) in [4.78, 5) is 12.3. The lowest BCUT2D eigenvalue weighted by Gasteiger charge is -2.18. The first-order chi connectivity index (χ1) is 16.7. The molecule has 1 aromatic heterocycles. The summed E-state index contributed by atoms with van der Waals surface area (Å²) in [7, 11) is 0. The molecule has 0 radical (unpaired) electrons. The van der Waals surface area contributed by atoms with Crippen LogP contribution in [0.15, 0.2) is 72.8 Å². The SMILES string of the molecule is C[C@@H](CNc1nnc(-c2ccccc2)c2ccccc12)NC(=O)Nc1ccc(F)cc1C(F)(F)F. The van der Waals surface area contributed by atoms with Crippen molar-refractivity contribution < 1.29 is 22.4 Å². The van der Waals surface area contributed by atoms with E-state index in [2.05, 4.69) is 26.1 Å². The largest absolute Gasteiger partial charge is 0.418 e. The number of hydrogen-bond donors (Lipinski definition) is 3. The smallest absolute Gasteiger partial charge is 0.366 e. The molecule has 4 aromatic rings. The van der Waals surface area contributed by atoms with Crippen molar-refractivity contribution in [2.45, 2.75) is 19.1 Å². The molecular weight excluding hydrogens is 462 g/mol. The van der Waals surface area contributed by atoms with Gasteiger partial charge in [-0.3, -0.25) is 0 Å². The van der Waals surface area contributed by atoms with E-state index in [1.165, 1.54) is 0 Å². The van der Waals surface area contributed by atoms with Crippen molar-refractivity contribution in [1.82, 2.24) is 15.5 Å². The second kappa shape index (κ2) is 9.96. The van der Waals surface area contributed by atoms with E-state index >= 15 is 0 Å². The summed E-state index contributed by atoms with van der Waals surface area (Å²) < 4.78 is 52.7. The number of carbonyl (C=O) groups excluding carboxylic acids is 1. The normalized spacial score (nSPS) is 12.3. The van der Waals surface area contributed by atoms with Crippen LogP contribution in [-0.2, 0) is 6.18 Å². The van der Waals surface area contributed by atoms with Gasteiger partial charge in [0.25, 0.3) is 0 Å². The number of rotatable bonds is 6. The maximum absolute atomic E-state index is 13.3. The third kappa shape index (κ3) is 5.65. The van der Waals surface area contributed by atoms with Crippen molar-refractivity contribution in [2.24, 2.45) is 0 Å². The maximum atomic E-state index is 13.3. The van der Waals surface area contributed by atoms with E-state index in [0.717, 1.165) is 34.2 Å². The lowest BCUT2D eigenvalue weighted by atomic mass is 10.0. The molecule has 0 bridgehead atoms. The van der Waals surface area contributed by atoms with Crippen LogP contribution < -0.4 is 16.0 Å². The molecule has 1 heterocycles. The Morgan fingerprint density at radius 2 is 1.63 bits per heavy atom. The summed E-state index contributed by atoms with van der Waals surface area (Å²) >= 11 is 0. The molecule has 4 rings (SSSR count). The molecule has 35 heavy (non-hydrogen) atoms. The molecule has 0 aliphatic rings. The first kappa shape index (κ1) is 23.9. The Balaban J connectivity index is 1.44. The number of hydrogen-bond acceptors (Lipinski definition) is 4. The van der Waals surface area contributed by atoms with Crippen LogP contribution in [0.5, 0.6) is 0 Å². The molecule has 10 heteroatoms. The van der Waals surface area contributed by atoms with Crippen LogP contribution in [0.1, 0.15) is 12.5 Å². The zero-order valence-corrected chi connectivity index (χ0v) is 18.5. The van der Waals surface area contributed by atoms with Crippen LogP contribution in [0.25, 0.3) is 22.0 Å². The fourth-order valence-electron chi connectivity index (χ4n) is 3.59. The summed E-state index contributed by atoms with van der Waals surface area (Å²) in [6, 6.07) is 18.0. The topological polar surface area (TPSA) is 78.9 Å². The molecule has 0 saturated carbocycles. The number of fused-ring (bicyclic) bond motifs is 1. The van der Waals surface area contributed by atoms with Crippen molar-refractivity contribution >= 4 is 28.3 Å². The van der Waals surface area contributed by atoms with Gasteiger partial charge in [-0.25, -0.2) is 9.18 Å². The molecule has 180 valence electrons. The summed E-state index contributed by atoms with van der Waals surface area (Å²) in [5.74, 6) is -0.542. The van der Waals surface area contributed by atoms with E-state index in [4.69, 9.17) is 0 Å². The number of nitrogens with one attached hydrogen (secondary N) is 3. The fourth-order valence-corrected chi connectivity index (χ4v) is 3.59. The molecule has 0 unspecified atom stereocenters. The number of nitrogens with zero attached hydrogens (tertiary/aromatic N) is 2. The van der Waals surface area contributed by atoms with Crippen LogP contribution in [0.4, 0.5) is 33.9 Å². The number of alkyl halides is 3. The zero-order valence-electron chi connectivity index (χ0n) is 18.5. The number of benzene rings is 3. The minimum atomic E-state index is -4.82. The Labute approximate surface area is 198 Å². The standard InChI is InChI=1S/C25H21F4N5O/c1-15(31-24(35)32-21-12-11-17(26)13-20(21)25(27,28)29)14-30-23-19-10-6-5-9-18(19)22(33-34-23)16-7-3-2-4-8-16/h2-13,15H,14H2,1H3,(H,30,34)(H2,31,32,35)/t15-/m0/s1. The van der Waals surface area contributed by atoms with Gasteiger partial charge in [0.2, 0.25) is 0 Å². The van der Waals surface area contributed by atoms with Gasteiger partial charge in [0, 0.05) is 28.9 Å². The number of carbonyl (C=O) groups is 1. The van der Waals surface area contributed by atoms with Gasteiger partial charge in [-0.15, -0.1) is 10.2 Å². The monoisotopic (exact) mass is 483 g/mol. The zero-order chi connectivity index (χ0) is 25.0. The van der Waals surface area contributed by atoms with Crippen molar-refractivity contribution in [1.29, 1.82) is 0 Å². The number of urea groups is 1. The summed E-state index contributed by atoms with van der Waals surface area (Å²) in [6.45, 7) is 1.90. The molecule has 3 aromatic carbocycles. The van der Waals surface area contributed by atoms with E-state index in [0.29, 0.717) is 11.9 Å². The molecule has 0 fully saturated rings. The average molecular weight is 483 g/mol. The molecule has 2 amide bonds. The third-order valence-electron chi connectivity index (χ3n) is 5.22. The summed E-state index contributed by atoms with van der Waals surface area (Å²) in [6.07, 6.45) is -4.82. The van der Waals surface area contributed by atoms with Gasteiger partial charge in [-0.05, 0) is 25.1 Å². The predicted molar refractivity (Wildman–Crippen MR) is 126 cm³/mol. The molecule has 1 atom stereocenters. The van der Waals surface area contributed by atoms with Gasteiger partial charge < -0.3 is 16.0 Å². The Hall–Kier alpha value is -4.21. The molecular formula is C25H21F4N5O. The van der Waals surface area contributed by atoms with Gasteiger partial charge in [0.15, 0.2) is 5.82 Å². The number of amides is 2. The molecule has 6 nitrogen and oxygen atoms in total. The lowest BCUT2D eigenvalue weighted by molar-refractivity contribution is -0.137. The van der Waals surface area contributed by atoms with Gasteiger partial charge in [0.1, 0.15) is 11.5 Å². The lowest BCUT2D eigenvalue weighted by Crippen LogP contribution is -2.40. The molecule has 3 N–H and O–H groups in total. The minimum Gasteiger partial charge on any atom is -0.366 e. The van der Waals surface area contributed by atoms with E-state index in [1.54, 1.807) is 6.92 Å². The van der Waals surface area contributed by atoms with Crippen LogP contribution >= 0.6 is 0 Å². The number of halogens is 4. The summed E-state index contributed by atoms with van der Waals surface area (Å²) in [5.41, 5.74) is -0.144. The van der Waals surface area contributed by atoms with Gasteiger partial charge in [-0.1, -0.05) is 54.6 Å². The quantitative estimate of drug-likeness (QED) is 0.291. The second-order valence-electron chi connectivity index (χ2n) is 7.88. The minimum absolute atomic E-state index is 0.228. The summed E-state index contributed by atoms with van der Waals surface area (Å²) in [5, 5.41) is 18.2. The predicted octanol–water partition coefficient (Wildman–Crippen LogP) is 6.08. The van der Waals surface area contributed by atoms with Crippen molar-refractivity contribution in [2.75, 3.05) is 17.2 Å². The van der Waals surface area contributed by atoms with Crippen molar-refractivity contribution in [3.8, 4) is 11.3 Å². The fraction of sp³-hybridized carbons (Fsp3) is 0.160. The van der Waals surface area contributed by atoms with Crippen molar-refractivity contribution in [3.05, 3.63) is 84.2 Å². The highest BCUT2D eigenvalue weighted by atomic mass is 19.4. The molecule has 0 spiro atoms. The van der Waals surface area contributed by atoms with E-state index in [-0.39, 0.29) is 6.54 Å². The van der Waals surface area contributed by atoms with Crippen LogP contribution in [0.2, 0.25) is 0 Å². The average Bonchev–Trinajstić information content (AvgIpc) is 2.83. The molecule has 0 aliphatic heterocycles. The number of anilines is 2.